The summed E-state index contributed by atoms with van der Waals surface area (Å²) in [5.74, 6) is -7.76. The van der Waals surface area contributed by atoms with Crippen molar-refractivity contribution in [2.24, 2.45) is 5.92 Å². The molecule has 0 bridgehead atoms. The summed E-state index contributed by atoms with van der Waals surface area (Å²) in [6, 6.07) is 8.17. The molecule has 11 nitrogen and oxygen atoms in total. The van der Waals surface area contributed by atoms with Gasteiger partial charge in [-0.1, -0.05) is 69.7 Å². The number of halogens is 3. The molecule has 0 aliphatic carbocycles. The molecule has 0 saturated heterocycles. The Bertz CT molecular complexity index is 1490. The van der Waals surface area contributed by atoms with Gasteiger partial charge in [0.1, 0.15) is 23.3 Å². The van der Waals surface area contributed by atoms with Crippen LogP contribution in [0.1, 0.15) is 102 Å². The highest BCUT2D eigenvalue weighted by Crippen LogP contribution is 2.31. The summed E-state index contributed by atoms with van der Waals surface area (Å²) in [4.78, 5) is 61.1. The Morgan fingerprint density at radius 1 is 0.788 bits per heavy atom. The molecular weight excluding hydrogens is 687 g/mol. The number of alkyl halides is 3. The number of ether oxygens (including phenoxy) is 1. The molecule has 0 aliphatic rings. The highest BCUT2D eigenvalue weighted by Gasteiger charge is 2.49. The number of nitrogens with one attached hydrogen (secondary N) is 1. The first-order valence-corrected chi connectivity index (χ1v) is 17.4. The van der Waals surface area contributed by atoms with Crippen molar-refractivity contribution in [2.75, 3.05) is 0 Å². The lowest BCUT2D eigenvalue weighted by Gasteiger charge is -2.29. The second kappa shape index (κ2) is 21.6. The van der Waals surface area contributed by atoms with Crippen LogP contribution >= 0.6 is 0 Å². The molecule has 0 fully saturated rings. The van der Waals surface area contributed by atoms with Gasteiger partial charge in [-0.2, -0.15) is 13.2 Å². The van der Waals surface area contributed by atoms with Gasteiger partial charge in [0.15, 0.2) is 5.60 Å². The maximum absolute atomic E-state index is 13.4. The van der Waals surface area contributed by atoms with E-state index in [1.54, 1.807) is 0 Å². The number of aliphatic carboxylic acids is 3. The van der Waals surface area contributed by atoms with E-state index < -0.39 is 59.5 Å². The van der Waals surface area contributed by atoms with E-state index in [1.807, 2.05) is 0 Å². The number of carbonyl (C=O) groups excluding carboxylic acids is 2. The average Bonchev–Trinajstić information content (AvgIpc) is 3.07. The van der Waals surface area contributed by atoms with Crippen LogP contribution in [0.15, 0.2) is 60.7 Å². The molecule has 0 saturated carbocycles. The maximum atomic E-state index is 13.4. The molecule has 0 aromatic heterocycles. The largest absolute Gasteiger partial charge is 0.481 e. The van der Waals surface area contributed by atoms with Crippen LogP contribution in [0.2, 0.25) is 0 Å². The highest BCUT2D eigenvalue weighted by molar-refractivity contribution is 5.94. The minimum Gasteiger partial charge on any atom is -0.481 e. The van der Waals surface area contributed by atoms with Crippen molar-refractivity contribution in [3.8, 4) is 11.5 Å². The topological polar surface area (TPSA) is 188 Å². The summed E-state index contributed by atoms with van der Waals surface area (Å²) in [6.45, 7) is 2.13. The Kier molecular flexibility index (Phi) is 18.0. The van der Waals surface area contributed by atoms with Gasteiger partial charge in [-0.3, -0.25) is 14.4 Å². The monoisotopic (exact) mass is 735 g/mol. The van der Waals surface area contributed by atoms with Crippen molar-refractivity contribution in [3.05, 3.63) is 71.8 Å². The molecule has 0 spiro atoms. The van der Waals surface area contributed by atoms with Gasteiger partial charge >= 0.3 is 24.1 Å². The molecule has 1 amide bonds. The van der Waals surface area contributed by atoms with Crippen molar-refractivity contribution in [1.29, 1.82) is 0 Å². The standard InChI is InChI=1S/C38H48F3NO10/c1-2-3-4-7-10-13-28(43)14-11-8-5-6-9-12-15-31(37(51,36(49)50)25-33(44)45)34(46)42-32(35(47)48)24-26-16-20-29(21-17-26)52-30-22-18-27(19-23-30)38(39,40)41/h12,15-23,31-32,51H,2-11,13-14,24-25H2,1H3,(H,42,46)(H,44,45)(H,47,48)(H,49,50)/b15-12+. The van der Waals surface area contributed by atoms with E-state index in [9.17, 15) is 57.6 Å². The van der Waals surface area contributed by atoms with Gasteiger partial charge < -0.3 is 30.5 Å². The third-order valence-corrected chi connectivity index (χ3v) is 8.45. The molecule has 0 heterocycles. The number of ketones is 1. The second-order valence-electron chi connectivity index (χ2n) is 12.7. The van der Waals surface area contributed by atoms with Crippen LogP contribution in [-0.2, 0) is 36.6 Å². The molecule has 3 unspecified atom stereocenters. The molecule has 0 aliphatic heterocycles. The molecule has 52 heavy (non-hydrogen) atoms. The van der Waals surface area contributed by atoms with Crippen LogP contribution in [0.4, 0.5) is 13.2 Å². The summed E-state index contributed by atoms with van der Waals surface area (Å²) in [5.41, 5.74) is -3.56. The number of hydrogen-bond acceptors (Lipinski definition) is 7. The van der Waals surface area contributed by atoms with Crippen molar-refractivity contribution in [3.63, 3.8) is 0 Å². The van der Waals surface area contributed by atoms with Gasteiger partial charge in [0.05, 0.1) is 17.9 Å². The minimum atomic E-state index is -4.51. The van der Waals surface area contributed by atoms with Gasteiger partial charge in [0, 0.05) is 19.3 Å². The Hall–Kier alpha value is -4.72. The molecule has 2 aromatic rings. The number of benzene rings is 2. The number of carboxylic acids is 3. The predicted molar refractivity (Wildman–Crippen MR) is 185 cm³/mol. The van der Waals surface area contributed by atoms with E-state index in [0.29, 0.717) is 31.2 Å². The highest BCUT2D eigenvalue weighted by atomic mass is 19.4. The summed E-state index contributed by atoms with van der Waals surface area (Å²) < 4.78 is 44.0. The van der Waals surface area contributed by atoms with Crippen LogP contribution < -0.4 is 10.1 Å². The molecule has 0 radical (unpaired) electrons. The third kappa shape index (κ3) is 15.3. The van der Waals surface area contributed by atoms with Crippen molar-refractivity contribution < 1.29 is 62.3 Å². The molecule has 5 N–H and O–H groups in total. The van der Waals surface area contributed by atoms with Crippen molar-refractivity contribution in [2.45, 2.75) is 115 Å². The molecule has 286 valence electrons. The van der Waals surface area contributed by atoms with Crippen LogP contribution in [0.3, 0.4) is 0 Å². The van der Waals surface area contributed by atoms with Crippen LogP contribution in [0.5, 0.6) is 11.5 Å². The van der Waals surface area contributed by atoms with E-state index in [4.69, 9.17) is 4.74 Å². The molecule has 2 rings (SSSR count). The first-order valence-electron chi connectivity index (χ1n) is 17.4. The fourth-order valence-electron chi connectivity index (χ4n) is 5.47. The average molecular weight is 736 g/mol. The summed E-state index contributed by atoms with van der Waals surface area (Å²) in [7, 11) is 0. The number of carboxylic acid groups (broad SMARTS) is 3. The lowest BCUT2D eigenvalue weighted by Crippen LogP contribution is -2.55. The number of hydrogen-bond donors (Lipinski definition) is 5. The number of unbranched alkanes of at least 4 members (excludes halogenated alkanes) is 8. The lowest BCUT2D eigenvalue weighted by atomic mass is 9.82. The Balaban J connectivity index is 2.03. The summed E-state index contributed by atoms with van der Waals surface area (Å²) in [6.07, 6.45) is 6.02. The number of Topliss-reactive ketones (excluding diaryl/α,β-unsaturated/α-hetero) is 1. The predicted octanol–water partition coefficient (Wildman–Crippen LogP) is 7.34. The zero-order chi connectivity index (χ0) is 38.7. The van der Waals surface area contributed by atoms with Gasteiger partial charge in [-0.05, 0) is 67.6 Å². The Morgan fingerprint density at radius 2 is 1.33 bits per heavy atom. The fourth-order valence-corrected chi connectivity index (χ4v) is 5.47. The van der Waals surface area contributed by atoms with Gasteiger partial charge in [-0.15, -0.1) is 0 Å². The van der Waals surface area contributed by atoms with E-state index in [1.165, 1.54) is 36.8 Å². The summed E-state index contributed by atoms with van der Waals surface area (Å²) >= 11 is 0. The quantitative estimate of drug-likeness (QED) is 0.0510. The number of rotatable bonds is 25. The maximum Gasteiger partial charge on any atom is 0.416 e. The zero-order valence-electron chi connectivity index (χ0n) is 29.2. The van der Waals surface area contributed by atoms with Gasteiger partial charge in [0.2, 0.25) is 5.91 Å². The third-order valence-electron chi connectivity index (χ3n) is 8.45. The van der Waals surface area contributed by atoms with Crippen molar-refractivity contribution in [1.82, 2.24) is 5.32 Å². The normalized spacial score (nSPS) is 13.9. The SMILES string of the molecule is CCCCCCCC(=O)CCCCCC/C=C/C(C(=O)NC(Cc1ccc(Oc2ccc(C(F)(F)F)cc2)cc1)C(=O)O)C(O)(CC(=O)O)C(=O)O. The van der Waals surface area contributed by atoms with Crippen molar-refractivity contribution >= 4 is 29.6 Å². The number of allylic oxidation sites excluding steroid dienone is 1. The van der Waals surface area contributed by atoms with Gasteiger partial charge in [-0.25, -0.2) is 9.59 Å². The number of amides is 1. The van der Waals surface area contributed by atoms with E-state index in [-0.39, 0.29) is 23.7 Å². The second-order valence-corrected chi connectivity index (χ2v) is 12.7. The first kappa shape index (κ1) is 43.4. The van der Waals surface area contributed by atoms with Gasteiger partial charge in [0.25, 0.3) is 0 Å². The van der Waals surface area contributed by atoms with Crippen LogP contribution in [0.25, 0.3) is 0 Å². The molecule has 14 heteroatoms. The Labute approximate surface area is 300 Å². The van der Waals surface area contributed by atoms with E-state index in [0.717, 1.165) is 75.3 Å². The molecule has 3 atom stereocenters. The van der Waals surface area contributed by atoms with Crippen LogP contribution in [-0.4, -0.2) is 61.7 Å². The molecule has 2 aromatic carbocycles. The zero-order valence-corrected chi connectivity index (χ0v) is 29.2. The fraction of sp³-hybridized carbons (Fsp3) is 0.500. The Morgan fingerprint density at radius 3 is 1.83 bits per heavy atom. The smallest absolute Gasteiger partial charge is 0.416 e. The summed E-state index contributed by atoms with van der Waals surface area (Å²) in [5, 5.41) is 42.1. The lowest BCUT2D eigenvalue weighted by molar-refractivity contribution is -0.172. The number of carbonyl (C=O) groups is 5. The molecular formula is C38H48F3NO10. The van der Waals surface area contributed by atoms with E-state index >= 15 is 0 Å². The van der Waals surface area contributed by atoms with E-state index in [2.05, 4.69) is 12.2 Å². The number of aliphatic hydroxyl groups is 1. The minimum absolute atomic E-state index is 0.123. The first-order chi connectivity index (χ1) is 24.6. The van der Waals surface area contributed by atoms with Crippen LogP contribution in [0, 0.1) is 5.92 Å².